The standard InChI is InChI=1S/C9H6ClF3O/c10-5-8(14)9(12,13)6-3-1-2-4-7(6)11/h1-4H,5H2. The molecule has 0 aliphatic carbocycles. The summed E-state index contributed by atoms with van der Waals surface area (Å²) < 4.78 is 39.2. The zero-order valence-corrected chi connectivity index (χ0v) is 7.69. The number of halogens is 4. The number of alkyl halides is 3. The smallest absolute Gasteiger partial charge is 0.291 e. The number of hydrogen-bond donors (Lipinski definition) is 0. The summed E-state index contributed by atoms with van der Waals surface area (Å²) in [6, 6.07) is 4.22. The SMILES string of the molecule is O=C(CCl)C(F)(F)c1ccccc1F. The number of Topliss-reactive ketones (excluding diaryl/α,β-unsaturated/α-hetero) is 1. The van der Waals surface area contributed by atoms with E-state index in [4.69, 9.17) is 11.6 Å². The summed E-state index contributed by atoms with van der Waals surface area (Å²) >= 11 is 4.99. The highest BCUT2D eigenvalue weighted by atomic mass is 35.5. The highest BCUT2D eigenvalue weighted by Crippen LogP contribution is 2.31. The Balaban J connectivity index is 3.16. The van der Waals surface area contributed by atoms with Crippen molar-refractivity contribution in [2.45, 2.75) is 5.92 Å². The number of carbonyl (C=O) groups excluding carboxylic acids is 1. The molecule has 0 spiro atoms. The second-order valence-corrected chi connectivity index (χ2v) is 2.88. The first-order valence-corrected chi connectivity index (χ1v) is 4.25. The molecule has 1 aromatic carbocycles. The van der Waals surface area contributed by atoms with Crippen molar-refractivity contribution in [2.75, 3.05) is 5.88 Å². The number of ketones is 1. The average molecular weight is 223 g/mol. The molecule has 0 aliphatic heterocycles. The van der Waals surface area contributed by atoms with Crippen LogP contribution in [0.2, 0.25) is 0 Å². The van der Waals surface area contributed by atoms with Crippen LogP contribution in [0.15, 0.2) is 24.3 Å². The van der Waals surface area contributed by atoms with Crippen LogP contribution in [-0.4, -0.2) is 11.7 Å². The van der Waals surface area contributed by atoms with Gasteiger partial charge >= 0.3 is 5.92 Å². The van der Waals surface area contributed by atoms with Gasteiger partial charge in [0, 0.05) is 0 Å². The summed E-state index contributed by atoms with van der Waals surface area (Å²) in [5.74, 6) is -7.32. The molecule has 0 aliphatic rings. The molecule has 0 amide bonds. The van der Waals surface area contributed by atoms with Gasteiger partial charge in [-0.25, -0.2) is 4.39 Å². The molecule has 0 fully saturated rings. The molecule has 76 valence electrons. The van der Waals surface area contributed by atoms with E-state index in [1.807, 2.05) is 0 Å². The van der Waals surface area contributed by atoms with Crippen molar-refractivity contribution >= 4 is 17.4 Å². The number of carbonyl (C=O) groups is 1. The summed E-state index contributed by atoms with van der Waals surface area (Å²) in [4.78, 5) is 10.7. The van der Waals surface area contributed by atoms with Crippen molar-refractivity contribution in [1.82, 2.24) is 0 Å². The lowest BCUT2D eigenvalue weighted by Gasteiger charge is -2.14. The van der Waals surface area contributed by atoms with Crippen molar-refractivity contribution in [3.8, 4) is 0 Å². The predicted octanol–water partition coefficient (Wildman–Crippen LogP) is 2.73. The summed E-state index contributed by atoms with van der Waals surface area (Å²) in [5.41, 5.74) is -0.939. The van der Waals surface area contributed by atoms with Gasteiger partial charge in [-0.3, -0.25) is 4.79 Å². The minimum absolute atomic E-state index is 0.846. The highest BCUT2D eigenvalue weighted by Gasteiger charge is 2.41. The first kappa shape index (κ1) is 11.0. The lowest BCUT2D eigenvalue weighted by atomic mass is 10.1. The van der Waals surface area contributed by atoms with Gasteiger partial charge in [0.05, 0.1) is 11.4 Å². The largest absolute Gasteiger partial charge is 0.334 e. The summed E-state index contributed by atoms with van der Waals surface area (Å²) in [5, 5.41) is 0. The molecule has 1 nitrogen and oxygen atoms in total. The van der Waals surface area contributed by atoms with E-state index < -0.39 is 29.0 Å². The molecule has 1 aromatic rings. The minimum atomic E-state index is -3.85. The third kappa shape index (κ3) is 1.90. The molecule has 14 heavy (non-hydrogen) atoms. The lowest BCUT2D eigenvalue weighted by Crippen LogP contribution is -2.28. The Morgan fingerprint density at radius 2 is 1.93 bits per heavy atom. The molecule has 0 heterocycles. The van der Waals surface area contributed by atoms with Crippen molar-refractivity contribution < 1.29 is 18.0 Å². The van der Waals surface area contributed by atoms with Crippen LogP contribution in [0.4, 0.5) is 13.2 Å². The zero-order valence-electron chi connectivity index (χ0n) is 6.94. The first-order valence-electron chi connectivity index (χ1n) is 3.72. The van der Waals surface area contributed by atoms with E-state index in [0.29, 0.717) is 0 Å². The Morgan fingerprint density at radius 3 is 2.43 bits per heavy atom. The van der Waals surface area contributed by atoms with Gasteiger partial charge in [-0.15, -0.1) is 11.6 Å². The third-order valence-corrected chi connectivity index (χ3v) is 1.93. The second-order valence-electron chi connectivity index (χ2n) is 2.61. The van der Waals surface area contributed by atoms with E-state index in [1.54, 1.807) is 0 Å². The molecule has 0 saturated heterocycles. The fourth-order valence-corrected chi connectivity index (χ4v) is 1.12. The predicted molar refractivity (Wildman–Crippen MR) is 46.0 cm³/mol. The molecule has 0 atom stereocenters. The number of benzene rings is 1. The van der Waals surface area contributed by atoms with Crippen LogP contribution in [0.1, 0.15) is 5.56 Å². The fraction of sp³-hybridized carbons (Fsp3) is 0.222. The van der Waals surface area contributed by atoms with Crippen LogP contribution in [0.3, 0.4) is 0 Å². The van der Waals surface area contributed by atoms with Crippen LogP contribution >= 0.6 is 11.6 Å². The molecule has 0 aromatic heterocycles. The molecule has 0 radical (unpaired) electrons. The van der Waals surface area contributed by atoms with Gasteiger partial charge in [-0.05, 0) is 12.1 Å². The van der Waals surface area contributed by atoms with E-state index in [0.717, 1.165) is 12.1 Å². The highest BCUT2D eigenvalue weighted by molar-refractivity contribution is 6.28. The second kappa shape index (κ2) is 4.00. The molecular weight excluding hydrogens is 217 g/mol. The Bertz CT molecular complexity index is 352. The monoisotopic (exact) mass is 222 g/mol. The molecule has 0 N–H and O–H groups in total. The van der Waals surface area contributed by atoms with Gasteiger partial charge in [0.25, 0.3) is 0 Å². The Labute approximate surface area is 83.5 Å². The fourth-order valence-electron chi connectivity index (χ4n) is 0.950. The van der Waals surface area contributed by atoms with Crippen LogP contribution in [-0.2, 0) is 10.7 Å². The average Bonchev–Trinajstić information content (AvgIpc) is 2.17. The van der Waals surface area contributed by atoms with Crippen molar-refractivity contribution in [2.24, 2.45) is 0 Å². The summed E-state index contributed by atoms with van der Waals surface area (Å²) in [7, 11) is 0. The number of hydrogen-bond acceptors (Lipinski definition) is 1. The Kier molecular flexibility index (Phi) is 3.16. The number of rotatable bonds is 3. The Hall–Kier alpha value is -1.03. The van der Waals surface area contributed by atoms with Crippen molar-refractivity contribution in [3.05, 3.63) is 35.6 Å². The van der Waals surface area contributed by atoms with Crippen LogP contribution in [0.25, 0.3) is 0 Å². The molecular formula is C9H6ClF3O. The summed E-state index contributed by atoms with van der Waals surface area (Å²) in [6.07, 6.45) is 0. The van der Waals surface area contributed by atoms with E-state index >= 15 is 0 Å². The van der Waals surface area contributed by atoms with Gasteiger partial charge in [-0.1, -0.05) is 12.1 Å². The minimum Gasteiger partial charge on any atom is -0.291 e. The van der Waals surface area contributed by atoms with Crippen molar-refractivity contribution in [1.29, 1.82) is 0 Å². The lowest BCUT2D eigenvalue weighted by molar-refractivity contribution is -0.141. The maximum Gasteiger partial charge on any atom is 0.334 e. The first-order chi connectivity index (χ1) is 6.50. The third-order valence-electron chi connectivity index (χ3n) is 1.68. The van der Waals surface area contributed by atoms with Gasteiger partial charge < -0.3 is 0 Å². The van der Waals surface area contributed by atoms with Gasteiger partial charge in [0.15, 0.2) is 0 Å². The quantitative estimate of drug-likeness (QED) is 0.719. The van der Waals surface area contributed by atoms with Crippen LogP contribution in [0, 0.1) is 5.82 Å². The van der Waals surface area contributed by atoms with Crippen LogP contribution < -0.4 is 0 Å². The zero-order chi connectivity index (χ0) is 10.8. The van der Waals surface area contributed by atoms with E-state index in [1.165, 1.54) is 12.1 Å². The maximum atomic E-state index is 13.1. The molecule has 0 unspecified atom stereocenters. The topological polar surface area (TPSA) is 17.1 Å². The van der Waals surface area contributed by atoms with E-state index in [9.17, 15) is 18.0 Å². The van der Waals surface area contributed by atoms with Crippen molar-refractivity contribution in [3.63, 3.8) is 0 Å². The molecule has 0 saturated carbocycles. The normalized spacial score (nSPS) is 11.4. The summed E-state index contributed by atoms with van der Waals surface area (Å²) in [6.45, 7) is 0. The molecule has 0 bridgehead atoms. The van der Waals surface area contributed by atoms with Crippen LogP contribution in [0.5, 0.6) is 0 Å². The van der Waals surface area contributed by atoms with E-state index in [2.05, 4.69) is 0 Å². The van der Waals surface area contributed by atoms with Gasteiger partial charge in [-0.2, -0.15) is 8.78 Å². The molecule has 1 rings (SSSR count). The Morgan fingerprint density at radius 1 is 1.36 bits per heavy atom. The van der Waals surface area contributed by atoms with Gasteiger partial charge in [0.2, 0.25) is 5.78 Å². The van der Waals surface area contributed by atoms with Gasteiger partial charge in [0.1, 0.15) is 5.82 Å². The van der Waals surface area contributed by atoms with E-state index in [-0.39, 0.29) is 0 Å². The maximum absolute atomic E-state index is 13.1. The molecule has 5 heteroatoms.